The summed E-state index contributed by atoms with van der Waals surface area (Å²) in [6, 6.07) is 11.8. The zero-order valence-corrected chi connectivity index (χ0v) is 13.8. The van der Waals surface area contributed by atoms with Gasteiger partial charge in [0.15, 0.2) is 0 Å². The summed E-state index contributed by atoms with van der Waals surface area (Å²) in [6.07, 6.45) is 0. The molecule has 4 nitrogen and oxygen atoms in total. The molecule has 0 saturated carbocycles. The van der Waals surface area contributed by atoms with Crippen molar-refractivity contribution in [1.82, 2.24) is 4.90 Å². The van der Waals surface area contributed by atoms with Crippen LogP contribution in [0.1, 0.15) is 21.5 Å². The van der Waals surface area contributed by atoms with Crippen molar-refractivity contribution in [3.8, 4) is 0 Å². The van der Waals surface area contributed by atoms with Gasteiger partial charge in [-0.15, -0.1) is 0 Å². The van der Waals surface area contributed by atoms with Crippen molar-refractivity contribution in [2.24, 2.45) is 0 Å². The van der Waals surface area contributed by atoms with E-state index in [1.807, 2.05) is 31.2 Å². The number of carbonyl (C=O) groups excluding carboxylic acids is 2. The summed E-state index contributed by atoms with van der Waals surface area (Å²) >= 11 is 0. The number of nitrogens with zero attached hydrogens (tertiary/aromatic N) is 2. The van der Waals surface area contributed by atoms with Gasteiger partial charge in [0.25, 0.3) is 5.91 Å². The van der Waals surface area contributed by atoms with Gasteiger partial charge in [0, 0.05) is 24.3 Å². The number of hydrogen-bond acceptors (Lipinski definition) is 2. The average molecular weight is 326 g/mol. The maximum absolute atomic E-state index is 13.2. The Labute approximate surface area is 140 Å². The number of aryl methyl sites for hydroxylation is 2. The Morgan fingerprint density at radius 1 is 1.04 bits per heavy atom. The number of para-hydroxylation sites is 1. The highest BCUT2D eigenvalue weighted by atomic mass is 19.1. The van der Waals surface area contributed by atoms with Crippen molar-refractivity contribution in [2.75, 3.05) is 24.5 Å². The lowest BCUT2D eigenvalue weighted by molar-refractivity contribution is -0.120. The van der Waals surface area contributed by atoms with Crippen LogP contribution in [0.15, 0.2) is 42.5 Å². The maximum atomic E-state index is 13.2. The van der Waals surface area contributed by atoms with Gasteiger partial charge in [0.2, 0.25) is 5.91 Å². The lowest BCUT2D eigenvalue weighted by Crippen LogP contribution is -2.52. The molecule has 0 unspecified atom stereocenters. The Morgan fingerprint density at radius 2 is 1.79 bits per heavy atom. The highest BCUT2D eigenvalue weighted by Gasteiger charge is 2.29. The predicted molar refractivity (Wildman–Crippen MR) is 90.6 cm³/mol. The van der Waals surface area contributed by atoms with E-state index in [4.69, 9.17) is 0 Å². The van der Waals surface area contributed by atoms with Gasteiger partial charge in [-0.3, -0.25) is 9.59 Å². The molecule has 0 aromatic heterocycles. The van der Waals surface area contributed by atoms with E-state index in [1.54, 1.807) is 11.8 Å². The monoisotopic (exact) mass is 326 g/mol. The topological polar surface area (TPSA) is 40.6 Å². The molecule has 0 atom stereocenters. The van der Waals surface area contributed by atoms with Crippen molar-refractivity contribution in [3.05, 3.63) is 65.0 Å². The smallest absolute Gasteiger partial charge is 0.254 e. The molecular weight excluding hydrogens is 307 g/mol. The molecule has 24 heavy (non-hydrogen) atoms. The van der Waals surface area contributed by atoms with E-state index in [2.05, 4.69) is 0 Å². The molecule has 1 fully saturated rings. The fraction of sp³-hybridized carbons (Fsp3) is 0.263. The van der Waals surface area contributed by atoms with Gasteiger partial charge in [0.1, 0.15) is 12.4 Å². The minimum absolute atomic E-state index is 0.0317. The van der Waals surface area contributed by atoms with Crippen molar-refractivity contribution < 1.29 is 14.0 Å². The van der Waals surface area contributed by atoms with Gasteiger partial charge in [-0.2, -0.15) is 0 Å². The van der Waals surface area contributed by atoms with Crippen molar-refractivity contribution in [1.29, 1.82) is 0 Å². The third kappa shape index (κ3) is 3.02. The molecule has 0 radical (unpaired) electrons. The van der Waals surface area contributed by atoms with Crippen LogP contribution in [-0.4, -0.2) is 36.3 Å². The van der Waals surface area contributed by atoms with Crippen molar-refractivity contribution >= 4 is 17.5 Å². The van der Waals surface area contributed by atoms with E-state index >= 15 is 0 Å². The van der Waals surface area contributed by atoms with Crippen LogP contribution in [0.3, 0.4) is 0 Å². The largest absolute Gasteiger partial charge is 0.328 e. The molecule has 1 saturated heterocycles. The highest BCUT2D eigenvalue weighted by Crippen LogP contribution is 2.22. The summed E-state index contributed by atoms with van der Waals surface area (Å²) in [7, 11) is 0. The third-order valence-electron chi connectivity index (χ3n) is 4.33. The molecule has 1 aliphatic heterocycles. The Morgan fingerprint density at radius 3 is 2.46 bits per heavy atom. The van der Waals surface area contributed by atoms with E-state index in [9.17, 15) is 14.0 Å². The first kappa shape index (κ1) is 16.2. The number of benzene rings is 2. The Kier molecular flexibility index (Phi) is 4.34. The Bertz CT molecular complexity index is 804. The Balaban J connectivity index is 1.77. The summed E-state index contributed by atoms with van der Waals surface area (Å²) in [6.45, 7) is 4.60. The van der Waals surface area contributed by atoms with Gasteiger partial charge >= 0.3 is 0 Å². The van der Waals surface area contributed by atoms with E-state index in [0.717, 1.165) is 11.3 Å². The van der Waals surface area contributed by atoms with Crippen LogP contribution in [-0.2, 0) is 4.79 Å². The molecule has 2 amide bonds. The van der Waals surface area contributed by atoms with E-state index in [-0.39, 0.29) is 24.2 Å². The van der Waals surface area contributed by atoms with E-state index in [1.165, 1.54) is 23.1 Å². The van der Waals surface area contributed by atoms with Crippen LogP contribution in [0.5, 0.6) is 0 Å². The van der Waals surface area contributed by atoms with Gasteiger partial charge in [-0.25, -0.2) is 4.39 Å². The third-order valence-corrected chi connectivity index (χ3v) is 4.33. The van der Waals surface area contributed by atoms with E-state index < -0.39 is 0 Å². The van der Waals surface area contributed by atoms with Crippen molar-refractivity contribution in [2.45, 2.75) is 13.8 Å². The summed E-state index contributed by atoms with van der Waals surface area (Å²) < 4.78 is 13.2. The number of anilines is 1. The zero-order valence-electron chi connectivity index (χ0n) is 13.8. The first-order chi connectivity index (χ1) is 11.5. The number of amides is 2. The Hall–Kier alpha value is -2.69. The molecule has 1 heterocycles. The molecule has 0 bridgehead atoms. The van der Waals surface area contributed by atoms with Crippen LogP contribution in [0.4, 0.5) is 10.1 Å². The second-order valence-electron chi connectivity index (χ2n) is 6.02. The van der Waals surface area contributed by atoms with Gasteiger partial charge < -0.3 is 9.80 Å². The standard InChI is InChI=1S/C19H19FN2O2/c1-13-5-3-4-6-17(13)22-10-9-21(12-18(22)23)19(24)16-8-7-15(20)11-14(16)2/h3-8,11H,9-10,12H2,1-2H3. The van der Waals surface area contributed by atoms with Crippen LogP contribution >= 0.6 is 0 Å². The second-order valence-corrected chi connectivity index (χ2v) is 6.02. The summed E-state index contributed by atoms with van der Waals surface area (Å²) in [5.41, 5.74) is 2.93. The fourth-order valence-electron chi connectivity index (χ4n) is 3.00. The van der Waals surface area contributed by atoms with Crippen LogP contribution in [0.2, 0.25) is 0 Å². The quantitative estimate of drug-likeness (QED) is 0.851. The minimum atomic E-state index is -0.371. The molecule has 5 heteroatoms. The number of carbonyl (C=O) groups is 2. The number of halogens is 1. The van der Waals surface area contributed by atoms with Crippen LogP contribution in [0.25, 0.3) is 0 Å². The maximum Gasteiger partial charge on any atom is 0.254 e. The van der Waals surface area contributed by atoms with Crippen LogP contribution < -0.4 is 4.90 Å². The number of rotatable bonds is 2. The average Bonchev–Trinajstić information content (AvgIpc) is 2.55. The molecule has 3 rings (SSSR count). The van der Waals surface area contributed by atoms with Crippen molar-refractivity contribution in [3.63, 3.8) is 0 Å². The molecule has 0 N–H and O–H groups in total. The predicted octanol–water partition coefficient (Wildman–Crippen LogP) is 2.93. The first-order valence-electron chi connectivity index (χ1n) is 7.89. The zero-order chi connectivity index (χ0) is 17.3. The van der Waals surface area contributed by atoms with Gasteiger partial charge in [-0.1, -0.05) is 18.2 Å². The lowest BCUT2D eigenvalue weighted by atomic mass is 10.1. The summed E-state index contributed by atoms with van der Waals surface area (Å²) in [4.78, 5) is 28.4. The molecule has 0 spiro atoms. The van der Waals surface area contributed by atoms with Gasteiger partial charge in [-0.05, 0) is 49.2 Å². The molecule has 1 aliphatic rings. The normalized spacial score (nSPS) is 14.9. The summed E-state index contributed by atoms with van der Waals surface area (Å²) in [5.74, 6) is -0.710. The molecule has 2 aromatic carbocycles. The minimum Gasteiger partial charge on any atom is -0.328 e. The highest BCUT2D eigenvalue weighted by molar-refractivity contribution is 6.02. The molecule has 0 aliphatic carbocycles. The summed E-state index contributed by atoms with van der Waals surface area (Å²) in [5, 5.41) is 0. The second kappa shape index (κ2) is 6.43. The fourth-order valence-corrected chi connectivity index (χ4v) is 3.00. The SMILES string of the molecule is Cc1cc(F)ccc1C(=O)N1CCN(c2ccccc2C)C(=O)C1. The van der Waals surface area contributed by atoms with E-state index in [0.29, 0.717) is 24.2 Å². The first-order valence-corrected chi connectivity index (χ1v) is 7.89. The number of piperazine rings is 1. The molecular formula is C19H19FN2O2. The van der Waals surface area contributed by atoms with Gasteiger partial charge in [0.05, 0.1) is 0 Å². The number of hydrogen-bond donors (Lipinski definition) is 0. The molecule has 124 valence electrons. The van der Waals surface area contributed by atoms with Crippen LogP contribution in [0, 0.1) is 19.7 Å². The lowest BCUT2D eigenvalue weighted by Gasteiger charge is -2.35. The molecule has 2 aromatic rings.